The summed E-state index contributed by atoms with van der Waals surface area (Å²) >= 11 is 6.01. The number of ether oxygens (including phenoxy) is 1. The summed E-state index contributed by atoms with van der Waals surface area (Å²) in [6.45, 7) is 0.579. The Morgan fingerprint density at radius 2 is 1.62 bits per heavy atom. The summed E-state index contributed by atoms with van der Waals surface area (Å²) in [7, 11) is 0. The highest BCUT2D eigenvalue weighted by atomic mass is 35.5. The van der Waals surface area contributed by atoms with Crippen molar-refractivity contribution in [3.63, 3.8) is 0 Å². The fraction of sp³-hybridized carbons (Fsp3) is 0.0909. The van der Waals surface area contributed by atoms with E-state index in [0.29, 0.717) is 11.6 Å². The molecule has 0 unspecified atom stereocenters. The molecule has 0 aliphatic rings. The Hall–Kier alpha value is -3.51. The van der Waals surface area contributed by atoms with Crippen LogP contribution in [0.1, 0.15) is 11.1 Å². The molecule has 0 aliphatic carbocycles. The standard InChI is InChI=1S/C22H17ClN2O4/c23-19-8-2-5-16(11-19)14-28-20-9-3-7-18(12-20)17-6-1-4-15(10-17)13-25-21(26)24-22(27)29-25/h1-12H,13-14H2,(H,24,26,27). The average molecular weight is 409 g/mol. The van der Waals surface area contributed by atoms with Crippen LogP contribution in [0.3, 0.4) is 0 Å². The number of H-pyrrole nitrogens is 1. The second-order valence-electron chi connectivity index (χ2n) is 6.49. The van der Waals surface area contributed by atoms with Crippen LogP contribution in [-0.4, -0.2) is 9.72 Å². The first-order chi connectivity index (χ1) is 14.1. The van der Waals surface area contributed by atoms with Crippen LogP contribution in [0.25, 0.3) is 11.1 Å². The number of hydrogen-bond donors (Lipinski definition) is 1. The van der Waals surface area contributed by atoms with E-state index < -0.39 is 11.4 Å². The van der Waals surface area contributed by atoms with Gasteiger partial charge in [-0.05, 0) is 52.6 Å². The van der Waals surface area contributed by atoms with E-state index in [1.165, 1.54) is 0 Å². The molecule has 29 heavy (non-hydrogen) atoms. The van der Waals surface area contributed by atoms with Crippen molar-refractivity contribution in [2.75, 3.05) is 0 Å². The number of aromatic amines is 1. The molecule has 4 rings (SSSR count). The lowest BCUT2D eigenvalue weighted by molar-refractivity contribution is 0.258. The third-order valence-electron chi connectivity index (χ3n) is 4.34. The summed E-state index contributed by atoms with van der Waals surface area (Å²) in [5.74, 6) is -0.0311. The zero-order chi connectivity index (χ0) is 20.2. The number of nitrogens with one attached hydrogen (secondary N) is 1. The second-order valence-corrected chi connectivity index (χ2v) is 6.93. The fourth-order valence-electron chi connectivity index (χ4n) is 2.99. The quantitative estimate of drug-likeness (QED) is 0.521. The monoisotopic (exact) mass is 408 g/mol. The Kier molecular flexibility index (Phi) is 5.35. The van der Waals surface area contributed by atoms with E-state index in [1.54, 1.807) is 0 Å². The number of hydrogen-bond acceptors (Lipinski definition) is 4. The van der Waals surface area contributed by atoms with Crippen LogP contribution in [0.4, 0.5) is 0 Å². The lowest BCUT2D eigenvalue weighted by Gasteiger charge is -2.10. The van der Waals surface area contributed by atoms with Crippen molar-refractivity contribution in [3.05, 3.63) is 110 Å². The van der Waals surface area contributed by atoms with Crippen LogP contribution in [0.5, 0.6) is 5.75 Å². The van der Waals surface area contributed by atoms with Gasteiger partial charge >= 0.3 is 11.4 Å². The molecule has 4 aromatic rings. The molecule has 0 fully saturated rings. The van der Waals surface area contributed by atoms with E-state index in [-0.39, 0.29) is 6.54 Å². The molecule has 7 heteroatoms. The number of nitrogens with zero attached hydrogens (tertiary/aromatic N) is 1. The van der Waals surface area contributed by atoms with Gasteiger partial charge in [0.05, 0.1) is 6.54 Å². The molecule has 0 bridgehead atoms. The topological polar surface area (TPSA) is 77.2 Å². The van der Waals surface area contributed by atoms with Crippen molar-refractivity contribution in [1.82, 2.24) is 9.72 Å². The molecule has 0 radical (unpaired) electrons. The minimum atomic E-state index is -0.768. The number of halogens is 1. The van der Waals surface area contributed by atoms with E-state index in [0.717, 1.165) is 32.7 Å². The van der Waals surface area contributed by atoms with Crippen molar-refractivity contribution in [2.24, 2.45) is 0 Å². The lowest BCUT2D eigenvalue weighted by Crippen LogP contribution is -2.17. The van der Waals surface area contributed by atoms with Crippen LogP contribution in [0.2, 0.25) is 5.02 Å². The molecule has 146 valence electrons. The molecule has 1 heterocycles. The molecule has 0 aliphatic heterocycles. The van der Waals surface area contributed by atoms with E-state index in [9.17, 15) is 9.59 Å². The predicted octanol–water partition coefficient (Wildman–Crippen LogP) is 4.08. The summed E-state index contributed by atoms with van der Waals surface area (Å²) in [5.41, 5.74) is 3.18. The first kappa shape index (κ1) is 18.8. The van der Waals surface area contributed by atoms with Gasteiger partial charge in [0, 0.05) is 5.02 Å². The van der Waals surface area contributed by atoms with Gasteiger partial charge in [-0.1, -0.05) is 54.1 Å². The van der Waals surface area contributed by atoms with Gasteiger partial charge in [0.25, 0.3) is 0 Å². The van der Waals surface area contributed by atoms with Gasteiger partial charge in [0.1, 0.15) is 12.4 Å². The molecule has 3 aromatic carbocycles. The summed E-state index contributed by atoms with van der Waals surface area (Å²) in [5, 5.41) is 0.675. The van der Waals surface area contributed by atoms with Crippen molar-refractivity contribution >= 4 is 11.6 Å². The molecule has 0 spiro atoms. The third-order valence-corrected chi connectivity index (χ3v) is 4.58. The van der Waals surface area contributed by atoms with E-state index in [1.807, 2.05) is 72.8 Å². The van der Waals surface area contributed by atoms with Crippen LogP contribution in [0, 0.1) is 0 Å². The summed E-state index contributed by atoms with van der Waals surface area (Å²) < 4.78 is 11.7. The zero-order valence-electron chi connectivity index (χ0n) is 15.3. The van der Waals surface area contributed by atoms with Crippen LogP contribution in [0.15, 0.2) is 86.9 Å². The first-order valence-electron chi connectivity index (χ1n) is 8.94. The molecule has 0 atom stereocenters. The van der Waals surface area contributed by atoms with Gasteiger partial charge in [-0.25, -0.2) is 14.6 Å². The first-order valence-corrected chi connectivity index (χ1v) is 9.32. The van der Waals surface area contributed by atoms with Crippen molar-refractivity contribution in [2.45, 2.75) is 13.2 Å². The minimum Gasteiger partial charge on any atom is -0.489 e. The Bertz CT molecular complexity index is 1260. The molecular weight excluding hydrogens is 392 g/mol. The van der Waals surface area contributed by atoms with Crippen LogP contribution >= 0.6 is 11.6 Å². The maximum atomic E-state index is 11.6. The zero-order valence-corrected chi connectivity index (χ0v) is 16.1. The predicted molar refractivity (Wildman–Crippen MR) is 110 cm³/mol. The summed E-state index contributed by atoms with van der Waals surface area (Å²) in [6, 6.07) is 23.0. The highest BCUT2D eigenvalue weighted by molar-refractivity contribution is 6.30. The van der Waals surface area contributed by atoms with Gasteiger partial charge in [-0.15, -0.1) is 4.74 Å². The highest BCUT2D eigenvalue weighted by Crippen LogP contribution is 2.25. The van der Waals surface area contributed by atoms with Gasteiger partial charge in [-0.2, -0.15) is 0 Å². The van der Waals surface area contributed by atoms with Gasteiger partial charge in [-0.3, -0.25) is 0 Å². The fourth-order valence-corrected chi connectivity index (χ4v) is 3.20. The SMILES string of the molecule is O=c1[nH]c(=O)n(Cc2cccc(-c3cccc(OCc4cccc(Cl)c4)c3)c2)o1. The molecule has 1 aromatic heterocycles. The summed E-state index contributed by atoms with van der Waals surface area (Å²) in [4.78, 5) is 24.9. The Labute approximate surface area is 170 Å². The van der Waals surface area contributed by atoms with Crippen LogP contribution in [-0.2, 0) is 13.2 Å². The molecule has 6 nitrogen and oxygen atoms in total. The van der Waals surface area contributed by atoms with E-state index in [4.69, 9.17) is 20.9 Å². The lowest BCUT2D eigenvalue weighted by atomic mass is 10.0. The molecule has 0 amide bonds. The molecular formula is C22H17ClN2O4. The van der Waals surface area contributed by atoms with E-state index >= 15 is 0 Å². The van der Waals surface area contributed by atoms with Crippen molar-refractivity contribution in [3.8, 4) is 16.9 Å². The van der Waals surface area contributed by atoms with Gasteiger partial charge in [0.15, 0.2) is 0 Å². The van der Waals surface area contributed by atoms with E-state index in [2.05, 4.69) is 4.98 Å². The van der Waals surface area contributed by atoms with Crippen molar-refractivity contribution in [1.29, 1.82) is 0 Å². The second kappa shape index (κ2) is 8.24. The normalized spacial score (nSPS) is 10.8. The number of aromatic nitrogens is 2. The molecule has 0 saturated carbocycles. The number of benzene rings is 3. The van der Waals surface area contributed by atoms with Gasteiger partial charge < -0.3 is 9.26 Å². The maximum absolute atomic E-state index is 11.6. The smallest absolute Gasteiger partial charge is 0.440 e. The molecule has 1 N–H and O–H groups in total. The average Bonchev–Trinajstić information content (AvgIpc) is 3.03. The van der Waals surface area contributed by atoms with Crippen molar-refractivity contribution < 1.29 is 9.26 Å². The number of rotatable bonds is 6. The van der Waals surface area contributed by atoms with Gasteiger partial charge in [0.2, 0.25) is 0 Å². The maximum Gasteiger partial charge on any atom is 0.440 e. The summed E-state index contributed by atoms with van der Waals surface area (Å²) in [6.07, 6.45) is 0. The third kappa shape index (κ3) is 4.67. The highest BCUT2D eigenvalue weighted by Gasteiger charge is 2.06. The largest absolute Gasteiger partial charge is 0.489 e. The Balaban J connectivity index is 1.52. The minimum absolute atomic E-state index is 0.163. The van der Waals surface area contributed by atoms with Crippen LogP contribution < -0.4 is 16.2 Å². The molecule has 0 saturated heterocycles. The Morgan fingerprint density at radius 1 is 0.897 bits per heavy atom. The Morgan fingerprint density at radius 3 is 2.38 bits per heavy atom.